The van der Waals surface area contributed by atoms with Gasteiger partial charge in [0.2, 0.25) is 0 Å². The molecule has 0 aliphatic rings. The van der Waals surface area contributed by atoms with Gasteiger partial charge in [0.1, 0.15) is 5.75 Å². The van der Waals surface area contributed by atoms with Crippen LogP contribution in [0.3, 0.4) is 0 Å². The van der Waals surface area contributed by atoms with Crippen LogP contribution < -0.4 is 19.6 Å². The van der Waals surface area contributed by atoms with Gasteiger partial charge in [-0.05, 0) is 59.9 Å². The minimum atomic E-state index is -0.341. The summed E-state index contributed by atoms with van der Waals surface area (Å²) in [6.45, 7) is 6.02. The van der Waals surface area contributed by atoms with Crippen LogP contribution in [0.25, 0.3) is 0 Å². The van der Waals surface area contributed by atoms with E-state index in [0.717, 1.165) is 21.2 Å². The molecule has 2 aromatic rings. The maximum absolute atomic E-state index is 12.1. The van der Waals surface area contributed by atoms with Gasteiger partial charge in [-0.15, -0.1) is 0 Å². The third kappa shape index (κ3) is 5.73. The second-order valence-corrected chi connectivity index (χ2v) is 7.34. The summed E-state index contributed by atoms with van der Waals surface area (Å²) >= 11 is 3.53. The Labute approximate surface area is 174 Å². The molecule has 28 heavy (non-hydrogen) atoms. The molecule has 2 rings (SSSR count). The van der Waals surface area contributed by atoms with Crippen LogP contribution in [-0.2, 0) is 4.79 Å². The lowest BCUT2D eigenvalue weighted by atomic mass is 10.0. The molecule has 150 valence electrons. The van der Waals surface area contributed by atoms with E-state index in [1.807, 2.05) is 25.1 Å². The van der Waals surface area contributed by atoms with Crippen molar-refractivity contribution in [2.45, 2.75) is 26.7 Å². The van der Waals surface area contributed by atoms with Gasteiger partial charge in [0, 0.05) is 4.47 Å². The van der Waals surface area contributed by atoms with Gasteiger partial charge in [-0.1, -0.05) is 29.8 Å². The smallest absolute Gasteiger partial charge is 0.277 e. The molecule has 0 unspecified atom stereocenters. The summed E-state index contributed by atoms with van der Waals surface area (Å²) < 4.78 is 17.2. The monoisotopic (exact) mass is 448 g/mol. The van der Waals surface area contributed by atoms with Gasteiger partial charge >= 0.3 is 0 Å². The first kappa shape index (κ1) is 21.8. The number of halogens is 1. The fourth-order valence-electron chi connectivity index (χ4n) is 2.53. The second-order valence-electron chi connectivity index (χ2n) is 6.49. The summed E-state index contributed by atoms with van der Waals surface area (Å²) in [5, 5.41) is 3.97. The van der Waals surface area contributed by atoms with E-state index in [1.165, 1.54) is 6.21 Å². The number of aryl methyl sites for hydroxylation is 1. The molecule has 1 N–H and O–H groups in total. The van der Waals surface area contributed by atoms with E-state index >= 15 is 0 Å². The van der Waals surface area contributed by atoms with E-state index in [9.17, 15) is 4.79 Å². The molecule has 0 fully saturated rings. The van der Waals surface area contributed by atoms with Crippen LogP contribution in [-0.4, -0.2) is 32.9 Å². The number of hydrazone groups is 1. The first-order chi connectivity index (χ1) is 13.3. The first-order valence-electron chi connectivity index (χ1n) is 8.82. The summed E-state index contributed by atoms with van der Waals surface area (Å²) in [7, 11) is 3.14. The predicted octanol–water partition coefficient (Wildman–Crippen LogP) is 4.43. The zero-order valence-corrected chi connectivity index (χ0v) is 18.3. The zero-order chi connectivity index (χ0) is 20.7. The Bertz CT molecular complexity index is 866. The average Bonchev–Trinajstić information content (AvgIpc) is 2.68. The SMILES string of the molecule is COc1ccc(/C=N/NC(=O)COc2cc(C)c(Br)cc2C(C)C)cc1OC. The lowest BCUT2D eigenvalue weighted by Gasteiger charge is -2.15. The topological polar surface area (TPSA) is 69.2 Å². The van der Waals surface area contributed by atoms with Gasteiger partial charge in [0.15, 0.2) is 18.1 Å². The van der Waals surface area contributed by atoms with E-state index in [4.69, 9.17) is 14.2 Å². The molecular weight excluding hydrogens is 424 g/mol. The Kier molecular flexibility index (Phi) is 7.87. The number of nitrogens with zero attached hydrogens (tertiary/aromatic N) is 1. The highest BCUT2D eigenvalue weighted by Gasteiger charge is 2.12. The van der Waals surface area contributed by atoms with Gasteiger partial charge in [-0.25, -0.2) is 5.43 Å². The van der Waals surface area contributed by atoms with Crippen molar-refractivity contribution >= 4 is 28.1 Å². The molecule has 0 aliphatic heterocycles. The van der Waals surface area contributed by atoms with Crippen molar-refractivity contribution in [2.75, 3.05) is 20.8 Å². The van der Waals surface area contributed by atoms with Gasteiger partial charge in [-0.2, -0.15) is 5.10 Å². The van der Waals surface area contributed by atoms with Crippen molar-refractivity contribution in [3.05, 3.63) is 51.5 Å². The number of benzene rings is 2. The lowest BCUT2D eigenvalue weighted by Crippen LogP contribution is -2.25. The highest BCUT2D eigenvalue weighted by molar-refractivity contribution is 9.10. The van der Waals surface area contributed by atoms with Crippen molar-refractivity contribution in [3.8, 4) is 17.2 Å². The lowest BCUT2D eigenvalue weighted by molar-refractivity contribution is -0.123. The number of nitrogens with one attached hydrogen (secondary N) is 1. The normalized spacial score (nSPS) is 11.0. The molecule has 0 saturated carbocycles. The van der Waals surface area contributed by atoms with Crippen molar-refractivity contribution < 1.29 is 19.0 Å². The van der Waals surface area contributed by atoms with Crippen LogP contribution in [0.1, 0.15) is 36.5 Å². The largest absolute Gasteiger partial charge is 0.493 e. The van der Waals surface area contributed by atoms with Crippen molar-refractivity contribution in [2.24, 2.45) is 5.10 Å². The van der Waals surface area contributed by atoms with Crippen molar-refractivity contribution in [1.29, 1.82) is 0 Å². The fraction of sp³-hybridized carbons (Fsp3) is 0.333. The summed E-state index contributed by atoms with van der Waals surface area (Å²) in [5.74, 6) is 1.86. The van der Waals surface area contributed by atoms with E-state index < -0.39 is 0 Å². The summed E-state index contributed by atoms with van der Waals surface area (Å²) in [6, 6.07) is 9.31. The first-order valence-corrected chi connectivity index (χ1v) is 9.61. The molecule has 6 nitrogen and oxygen atoms in total. The summed E-state index contributed by atoms with van der Waals surface area (Å²) in [6.07, 6.45) is 1.53. The van der Waals surface area contributed by atoms with E-state index in [0.29, 0.717) is 17.2 Å². The molecule has 0 heterocycles. The van der Waals surface area contributed by atoms with E-state index in [1.54, 1.807) is 26.4 Å². The molecule has 0 bridgehead atoms. The van der Waals surface area contributed by atoms with E-state index in [2.05, 4.69) is 40.3 Å². The maximum atomic E-state index is 12.1. The Morgan fingerprint density at radius 3 is 2.50 bits per heavy atom. The van der Waals surface area contributed by atoms with Gasteiger partial charge in [-0.3, -0.25) is 4.79 Å². The highest BCUT2D eigenvalue weighted by atomic mass is 79.9. The minimum absolute atomic E-state index is 0.121. The van der Waals surface area contributed by atoms with Crippen LogP contribution in [0, 0.1) is 6.92 Å². The minimum Gasteiger partial charge on any atom is -0.493 e. The van der Waals surface area contributed by atoms with Crippen LogP contribution in [0.15, 0.2) is 39.9 Å². The molecule has 0 radical (unpaired) electrons. The quantitative estimate of drug-likeness (QED) is 0.478. The molecule has 0 spiro atoms. The van der Waals surface area contributed by atoms with E-state index in [-0.39, 0.29) is 18.4 Å². The number of rotatable bonds is 8. The predicted molar refractivity (Wildman–Crippen MR) is 114 cm³/mol. The van der Waals surface area contributed by atoms with Gasteiger partial charge in [0.25, 0.3) is 5.91 Å². The number of methoxy groups -OCH3 is 2. The molecule has 0 atom stereocenters. The fourth-order valence-corrected chi connectivity index (χ4v) is 2.90. The number of carbonyl (C=O) groups excluding carboxylic acids is 1. The van der Waals surface area contributed by atoms with Gasteiger partial charge in [0.05, 0.1) is 20.4 Å². The molecule has 0 aromatic heterocycles. The maximum Gasteiger partial charge on any atom is 0.277 e. The number of carbonyl (C=O) groups is 1. The zero-order valence-electron chi connectivity index (χ0n) is 16.7. The highest BCUT2D eigenvalue weighted by Crippen LogP contribution is 2.32. The van der Waals surface area contributed by atoms with Crippen LogP contribution in [0.2, 0.25) is 0 Å². The van der Waals surface area contributed by atoms with Crippen LogP contribution in [0.4, 0.5) is 0 Å². The average molecular weight is 449 g/mol. The third-order valence-electron chi connectivity index (χ3n) is 4.08. The Hall–Kier alpha value is -2.54. The van der Waals surface area contributed by atoms with Crippen molar-refractivity contribution in [3.63, 3.8) is 0 Å². The Morgan fingerprint density at radius 1 is 1.14 bits per heavy atom. The third-order valence-corrected chi connectivity index (χ3v) is 4.94. The molecular formula is C21H25BrN2O4. The summed E-state index contributed by atoms with van der Waals surface area (Å²) in [5.41, 5.74) is 5.32. The standard InChI is InChI=1S/C21H25BrN2O4/c1-13(2)16-10-17(22)14(3)8-19(16)28-12-21(25)24-23-11-15-6-7-18(26-4)20(9-15)27-5/h6-11,13H,12H2,1-5H3,(H,24,25)/b23-11+. The number of hydrogen-bond acceptors (Lipinski definition) is 5. The Balaban J connectivity index is 1.97. The number of amides is 1. The number of ether oxygens (including phenoxy) is 3. The summed E-state index contributed by atoms with van der Waals surface area (Å²) in [4.78, 5) is 12.1. The molecule has 7 heteroatoms. The molecule has 2 aromatic carbocycles. The van der Waals surface area contributed by atoms with Crippen LogP contribution >= 0.6 is 15.9 Å². The Morgan fingerprint density at radius 2 is 1.86 bits per heavy atom. The molecule has 0 aliphatic carbocycles. The number of hydrogen-bond donors (Lipinski definition) is 1. The van der Waals surface area contributed by atoms with Gasteiger partial charge < -0.3 is 14.2 Å². The molecule has 1 amide bonds. The van der Waals surface area contributed by atoms with Crippen molar-refractivity contribution in [1.82, 2.24) is 5.43 Å². The second kappa shape index (κ2) is 10.1. The van der Waals surface area contributed by atoms with Crippen LogP contribution in [0.5, 0.6) is 17.2 Å². The molecule has 0 saturated heterocycles.